The van der Waals surface area contributed by atoms with Crippen LogP contribution in [0, 0.1) is 34.9 Å². The number of fused-ring (bicyclic) bond motifs is 15. The number of ether oxygens (including phenoxy) is 2. The lowest BCUT2D eigenvalue weighted by molar-refractivity contribution is 0.443. The summed E-state index contributed by atoms with van der Waals surface area (Å²) in [6.45, 7) is 12.3. The number of anilines is 6. The molecule has 18 aromatic rings. The van der Waals surface area contributed by atoms with Gasteiger partial charge in [0.25, 0.3) is 0 Å². The Morgan fingerprint density at radius 1 is 0.291 bits per heavy atom. The molecule has 117 heavy (non-hydrogen) atoms. The summed E-state index contributed by atoms with van der Waals surface area (Å²) in [5.74, 6) is -6.20. The lowest BCUT2D eigenvalue weighted by atomic mass is 9.67. The van der Waals surface area contributed by atoms with E-state index in [0.717, 1.165) is 135 Å². The molecule has 2 heterocycles. The molecule has 2 atom stereocenters. The summed E-state index contributed by atoms with van der Waals surface area (Å²) in [4.78, 5) is 4.46. The summed E-state index contributed by atoms with van der Waals surface area (Å²) in [5, 5.41) is 3.49. The summed E-state index contributed by atoms with van der Waals surface area (Å²) in [6.07, 6.45) is 3.51. The fraction of sp³-hybridized carbons (Fsp3) is 0.0476. The van der Waals surface area contributed by atoms with Gasteiger partial charge < -0.3 is 28.1 Å². The van der Waals surface area contributed by atoms with Crippen molar-refractivity contribution in [1.29, 1.82) is 0 Å². The van der Waals surface area contributed by atoms with Crippen molar-refractivity contribution in [3.63, 3.8) is 0 Å². The van der Waals surface area contributed by atoms with Gasteiger partial charge in [-0.05, 0) is 258 Å². The minimum Gasteiger partial charge on any atom is -0.457 e. The molecule has 0 spiro atoms. The van der Waals surface area contributed by atoms with Crippen LogP contribution >= 0.6 is 0 Å². The standard InChI is InChI=1S/C105H66F6N2O4/c1-5-61-29-41-71(42-30-61)114-73-45-33-63(34-46-73)104(65-53-89(106)101(110)90(107)54-65)83-21-11-7-17-75(83)79-51-39-69(59-87(79)104)112(93-23-15-27-97-99(93)81-19-9-13-25-95(81)116-97)67-37-49-77-78-50-38-68(58-86(78)103(3,4)85(77)57-67)113(94-24-16-28-98-100(94)82-20-10-14-26-96(82)117-98)70-40-52-80-76-18-8-12-22-84(76)105(88(80)60-70,66-55-91(108)102(111)92(109)56-66)64-35-47-74(48-36-64)115-72-43-31-62(6-2)32-44-72/h5-60H,1-2H2,3-4H3. The largest absolute Gasteiger partial charge is 0.457 e. The molecule has 0 radical (unpaired) electrons. The van der Waals surface area contributed by atoms with Gasteiger partial charge in [-0.15, -0.1) is 0 Å². The van der Waals surface area contributed by atoms with Gasteiger partial charge in [0.1, 0.15) is 45.3 Å². The second-order valence-electron chi connectivity index (χ2n) is 30.6. The van der Waals surface area contributed by atoms with Crippen LogP contribution in [0.2, 0.25) is 0 Å². The van der Waals surface area contributed by atoms with Crippen molar-refractivity contribution in [3.8, 4) is 56.4 Å². The first-order chi connectivity index (χ1) is 57.1. The van der Waals surface area contributed by atoms with Crippen LogP contribution in [0.25, 0.3) is 89.4 Å². The van der Waals surface area contributed by atoms with Crippen molar-refractivity contribution in [1.82, 2.24) is 0 Å². The third kappa shape index (κ3) is 10.7. The van der Waals surface area contributed by atoms with Crippen molar-refractivity contribution in [2.45, 2.75) is 30.1 Å². The van der Waals surface area contributed by atoms with E-state index < -0.39 is 51.1 Å². The second kappa shape index (κ2) is 26.8. The number of nitrogens with zero attached hydrogens (tertiary/aromatic N) is 2. The van der Waals surface area contributed by atoms with Crippen LogP contribution in [0.3, 0.4) is 0 Å². The molecule has 2 aromatic heterocycles. The Morgan fingerprint density at radius 2 is 0.598 bits per heavy atom. The van der Waals surface area contributed by atoms with Crippen LogP contribution < -0.4 is 19.3 Å². The smallest absolute Gasteiger partial charge is 0.194 e. The molecule has 12 heteroatoms. The van der Waals surface area contributed by atoms with E-state index in [2.05, 4.69) is 134 Å². The topological polar surface area (TPSA) is 51.2 Å². The third-order valence-electron chi connectivity index (χ3n) is 24.1. The molecular formula is C105H66F6N2O4. The first-order valence-corrected chi connectivity index (χ1v) is 38.6. The van der Waals surface area contributed by atoms with E-state index in [-0.39, 0.29) is 11.1 Å². The van der Waals surface area contributed by atoms with Crippen LogP contribution in [0.1, 0.15) is 80.6 Å². The zero-order chi connectivity index (χ0) is 79.3. The van der Waals surface area contributed by atoms with Crippen molar-refractivity contribution < 1.29 is 44.7 Å². The maximum atomic E-state index is 16.4. The number of benzene rings is 16. The van der Waals surface area contributed by atoms with Crippen molar-refractivity contribution >= 4 is 90.2 Å². The minimum atomic E-state index is -1.57. The second-order valence-corrected chi connectivity index (χ2v) is 30.6. The highest BCUT2D eigenvalue weighted by atomic mass is 19.2. The van der Waals surface area contributed by atoms with Gasteiger partial charge in [0.15, 0.2) is 34.9 Å². The van der Waals surface area contributed by atoms with Gasteiger partial charge >= 0.3 is 0 Å². The predicted molar refractivity (Wildman–Crippen MR) is 455 cm³/mol. The Kier molecular flexibility index (Phi) is 16.1. The van der Waals surface area contributed by atoms with Crippen LogP contribution in [0.5, 0.6) is 23.0 Å². The van der Waals surface area contributed by atoms with E-state index in [0.29, 0.717) is 79.0 Å². The average molecular weight is 1530 g/mol. The quantitative estimate of drug-likeness (QED) is 0.0710. The minimum absolute atomic E-state index is 0.184. The van der Waals surface area contributed by atoms with Crippen LogP contribution in [0.15, 0.2) is 350 Å². The summed E-state index contributed by atoms with van der Waals surface area (Å²) in [7, 11) is 0. The molecule has 2 unspecified atom stereocenters. The van der Waals surface area contributed by atoms with Gasteiger partial charge in [-0.2, -0.15) is 0 Å². The molecule has 0 fully saturated rings. The number of rotatable bonds is 16. The average Bonchev–Trinajstić information content (AvgIpc) is 1.54. The number of furan rings is 2. The van der Waals surface area contributed by atoms with E-state index in [1.165, 1.54) is 0 Å². The highest BCUT2D eigenvalue weighted by molar-refractivity contribution is 6.15. The maximum Gasteiger partial charge on any atom is 0.194 e. The van der Waals surface area contributed by atoms with Gasteiger partial charge in [0.2, 0.25) is 0 Å². The molecule has 0 bridgehead atoms. The highest BCUT2D eigenvalue weighted by Crippen LogP contribution is 2.62. The molecule has 0 aliphatic heterocycles. The molecule has 3 aliphatic rings. The van der Waals surface area contributed by atoms with Crippen molar-refractivity contribution in [2.24, 2.45) is 0 Å². The van der Waals surface area contributed by atoms with E-state index in [9.17, 15) is 0 Å². The lowest BCUT2D eigenvalue weighted by Crippen LogP contribution is -2.29. The number of para-hydroxylation sites is 2. The molecule has 562 valence electrons. The normalized spacial score (nSPS) is 15.2. The Labute approximate surface area is 669 Å². The highest BCUT2D eigenvalue weighted by Gasteiger charge is 2.50. The van der Waals surface area contributed by atoms with E-state index in [1.54, 1.807) is 12.2 Å². The van der Waals surface area contributed by atoms with Gasteiger partial charge in [-0.1, -0.05) is 209 Å². The molecule has 3 aliphatic carbocycles. The first kappa shape index (κ1) is 70.3. The molecule has 0 saturated heterocycles. The summed E-state index contributed by atoms with van der Waals surface area (Å²) in [6, 6.07) is 104. The predicted octanol–water partition coefficient (Wildman–Crippen LogP) is 29.2. The van der Waals surface area contributed by atoms with Crippen LogP contribution in [-0.2, 0) is 16.2 Å². The van der Waals surface area contributed by atoms with Gasteiger partial charge in [-0.25, -0.2) is 26.3 Å². The summed E-state index contributed by atoms with van der Waals surface area (Å²) < 4.78 is 123. The summed E-state index contributed by atoms with van der Waals surface area (Å²) >= 11 is 0. The monoisotopic (exact) mass is 1530 g/mol. The Bertz CT molecular complexity index is 6720. The molecule has 21 rings (SSSR count). The Balaban J connectivity index is 0.739. The Morgan fingerprint density at radius 3 is 0.966 bits per heavy atom. The van der Waals surface area contributed by atoms with Crippen molar-refractivity contribution in [3.05, 3.63) is 442 Å². The number of hydrogen-bond donors (Lipinski definition) is 0. The van der Waals surface area contributed by atoms with Gasteiger partial charge in [-0.3, -0.25) is 0 Å². The molecule has 0 amide bonds. The zero-order valence-corrected chi connectivity index (χ0v) is 63.0. The van der Waals surface area contributed by atoms with E-state index in [1.807, 2.05) is 206 Å². The van der Waals surface area contributed by atoms with Gasteiger partial charge in [0, 0.05) is 38.9 Å². The van der Waals surface area contributed by atoms with Crippen LogP contribution in [-0.4, -0.2) is 0 Å². The zero-order valence-electron chi connectivity index (χ0n) is 63.0. The number of hydrogen-bond acceptors (Lipinski definition) is 6. The molecule has 0 N–H and O–H groups in total. The van der Waals surface area contributed by atoms with Gasteiger partial charge in [0.05, 0.1) is 33.0 Å². The lowest BCUT2D eigenvalue weighted by Gasteiger charge is -2.35. The SMILES string of the molecule is C=Cc1ccc(Oc2ccc(C3(c4cc(F)c(F)c(F)c4)c4ccccc4-c4ccc(N(c5ccc6c(c5)C(C)(C)c5cc(N(c7ccc8c(c7)C(c7ccc(Oc9ccc(C=C)cc9)cc7)(c7cc(F)c(F)c(F)c7)c7ccccc7-8)c7cccc8oc9ccccc9c78)ccc5-6)c5cccc6oc7ccccc7c56)cc43)cc2)cc1. The fourth-order valence-electron chi connectivity index (χ4n) is 18.8. The Hall–Kier alpha value is -14.6. The van der Waals surface area contributed by atoms with E-state index >= 15 is 26.3 Å². The van der Waals surface area contributed by atoms with Crippen LogP contribution in [0.4, 0.5) is 60.5 Å². The first-order valence-electron chi connectivity index (χ1n) is 38.6. The molecule has 0 saturated carbocycles. The summed E-state index contributed by atoms with van der Waals surface area (Å²) in [5.41, 5.74) is 17.4. The molecule has 6 nitrogen and oxygen atoms in total. The third-order valence-corrected chi connectivity index (χ3v) is 24.1. The molecule has 16 aromatic carbocycles. The molecular weight excluding hydrogens is 1470 g/mol. The van der Waals surface area contributed by atoms with Crippen molar-refractivity contribution in [2.75, 3.05) is 9.80 Å². The number of halogens is 6. The van der Waals surface area contributed by atoms with E-state index in [4.69, 9.17) is 18.3 Å². The fourth-order valence-corrected chi connectivity index (χ4v) is 18.8. The maximum absolute atomic E-state index is 16.4.